The molecule has 0 atom stereocenters. The van der Waals surface area contributed by atoms with Crippen LogP contribution in [0, 0.1) is 11.3 Å². The van der Waals surface area contributed by atoms with Crippen LogP contribution in [0.5, 0.6) is 0 Å². The Morgan fingerprint density at radius 3 is 2.46 bits per heavy atom. The Bertz CT molecular complexity index is 1020. The van der Waals surface area contributed by atoms with E-state index in [2.05, 4.69) is 25.8 Å². The lowest BCUT2D eigenvalue weighted by atomic mass is 10.2. The molecule has 120 valence electrons. The van der Waals surface area contributed by atoms with Gasteiger partial charge in [0, 0.05) is 6.20 Å². The van der Waals surface area contributed by atoms with Gasteiger partial charge in [0.2, 0.25) is 0 Å². The highest BCUT2D eigenvalue weighted by Gasteiger charge is 2.16. The molecule has 1 N–H and O–H groups in total. The van der Waals surface area contributed by atoms with Crippen molar-refractivity contribution in [3.63, 3.8) is 0 Å². The molecule has 0 saturated heterocycles. The first-order valence-electron chi connectivity index (χ1n) is 6.82. The monoisotopic (exact) mass is 402 g/mol. The average molecular weight is 403 g/mol. The summed E-state index contributed by atoms with van der Waals surface area (Å²) in [6, 6.07) is 14.6. The third-order valence-electron chi connectivity index (χ3n) is 3.24. The van der Waals surface area contributed by atoms with Gasteiger partial charge in [0.05, 0.1) is 38.6 Å². The molecule has 0 saturated carbocycles. The SMILES string of the molecule is N#Cc1ccc(S(=O)(=O)Nc2ccccc2-n2cc(Br)cn2)cc1. The van der Waals surface area contributed by atoms with E-state index >= 15 is 0 Å². The molecule has 2 aromatic carbocycles. The fraction of sp³-hybridized carbons (Fsp3) is 0. The molecular formula is C16H11BrN4O2S. The maximum atomic E-state index is 12.6. The standard InChI is InChI=1S/C16H11BrN4O2S/c17-13-10-19-21(11-13)16-4-2-1-3-15(16)20-24(22,23)14-7-5-12(9-18)6-8-14/h1-8,10-11,20H. The maximum Gasteiger partial charge on any atom is 0.261 e. The number of halogens is 1. The van der Waals surface area contributed by atoms with E-state index in [9.17, 15) is 8.42 Å². The van der Waals surface area contributed by atoms with Crippen molar-refractivity contribution in [1.82, 2.24) is 9.78 Å². The van der Waals surface area contributed by atoms with E-state index in [1.807, 2.05) is 6.07 Å². The Kier molecular flexibility index (Phi) is 4.38. The van der Waals surface area contributed by atoms with Gasteiger partial charge in [0.15, 0.2) is 0 Å². The van der Waals surface area contributed by atoms with Crippen LogP contribution < -0.4 is 4.72 Å². The van der Waals surface area contributed by atoms with Crippen molar-refractivity contribution in [2.45, 2.75) is 4.90 Å². The maximum absolute atomic E-state index is 12.6. The van der Waals surface area contributed by atoms with E-state index in [4.69, 9.17) is 5.26 Å². The number of anilines is 1. The lowest BCUT2D eigenvalue weighted by molar-refractivity contribution is 0.601. The number of benzene rings is 2. The number of nitrogens with one attached hydrogen (secondary N) is 1. The van der Waals surface area contributed by atoms with Crippen molar-refractivity contribution in [2.75, 3.05) is 4.72 Å². The summed E-state index contributed by atoms with van der Waals surface area (Å²) in [4.78, 5) is 0.0814. The summed E-state index contributed by atoms with van der Waals surface area (Å²) in [5.74, 6) is 0. The zero-order valence-electron chi connectivity index (χ0n) is 12.2. The van der Waals surface area contributed by atoms with Crippen LogP contribution >= 0.6 is 15.9 Å². The fourth-order valence-corrected chi connectivity index (χ4v) is 3.46. The largest absolute Gasteiger partial charge is 0.277 e. The first kappa shape index (κ1) is 16.2. The second-order valence-corrected chi connectivity index (χ2v) is 7.46. The minimum absolute atomic E-state index is 0.0814. The van der Waals surface area contributed by atoms with E-state index in [0.717, 1.165) is 4.47 Å². The number of hydrogen-bond acceptors (Lipinski definition) is 4. The summed E-state index contributed by atoms with van der Waals surface area (Å²) < 4.78 is 30.0. The van der Waals surface area contributed by atoms with Gasteiger partial charge in [-0.2, -0.15) is 10.4 Å². The van der Waals surface area contributed by atoms with Gasteiger partial charge in [-0.1, -0.05) is 12.1 Å². The molecule has 0 fully saturated rings. The normalized spacial score (nSPS) is 11.0. The Balaban J connectivity index is 1.97. The van der Waals surface area contributed by atoms with Gasteiger partial charge in [0.25, 0.3) is 10.0 Å². The molecule has 24 heavy (non-hydrogen) atoms. The number of nitrogens with zero attached hydrogens (tertiary/aromatic N) is 3. The number of para-hydroxylation sites is 2. The van der Waals surface area contributed by atoms with E-state index in [1.165, 1.54) is 24.3 Å². The van der Waals surface area contributed by atoms with Crippen LogP contribution in [-0.2, 0) is 10.0 Å². The number of sulfonamides is 1. The van der Waals surface area contributed by atoms with E-state index in [0.29, 0.717) is 16.9 Å². The molecular weight excluding hydrogens is 392 g/mol. The fourth-order valence-electron chi connectivity index (χ4n) is 2.10. The molecule has 0 aliphatic heterocycles. The van der Waals surface area contributed by atoms with Crippen molar-refractivity contribution >= 4 is 31.6 Å². The molecule has 8 heteroatoms. The number of nitriles is 1. The second kappa shape index (κ2) is 6.47. The highest BCUT2D eigenvalue weighted by molar-refractivity contribution is 9.10. The van der Waals surface area contributed by atoms with Crippen LogP contribution in [0.2, 0.25) is 0 Å². The molecule has 0 amide bonds. The lowest BCUT2D eigenvalue weighted by Crippen LogP contribution is -2.14. The quantitative estimate of drug-likeness (QED) is 0.724. The minimum Gasteiger partial charge on any atom is -0.277 e. The number of hydrogen-bond donors (Lipinski definition) is 1. The first-order chi connectivity index (χ1) is 11.5. The van der Waals surface area contributed by atoms with Crippen LogP contribution in [0.4, 0.5) is 5.69 Å². The highest BCUT2D eigenvalue weighted by atomic mass is 79.9. The number of aromatic nitrogens is 2. The average Bonchev–Trinajstić information content (AvgIpc) is 3.01. The van der Waals surface area contributed by atoms with Gasteiger partial charge in [-0.25, -0.2) is 13.1 Å². The molecule has 6 nitrogen and oxygen atoms in total. The smallest absolute Gasteiger partial charge is 0.261 e. The Morgan fingerprint density at radius 2 is 1.83 bits per heavy atom. The Morgan fingerprint density at radius 1 is 1.12 bits per heavy atom. The van der Waals surface area contributed by atoms with E-state index in [1.54, 1.807) is 41.3 Å². The van der Waals surface area contributed by atoms with Gasteiger partial charge >= 0.3 is 0 Å². The van der Waals surface area contributed by atoms with Crippen LogP contribution in [0.1, 0.15) is 5.56 Å². The van der Waals surface area contributed by atoms with E-state index < -0.39 is 10.0 Å². The van der Waals surface area contributed by atoms with Crippen LogP contribution in [0.25, 0.3) is 5.69 Å². The van der Waals surface area contributed by atoms with Crippen molar-refractivity contribution < 1.29 is 8.42 Å². The molecule has 1 aromatic heterocycles. The summed E-state index contributed by atoms with van der Waals surface area (Å²) in [5.41, 5.74) is 1.40. The van der Waals surface area contributed by atoms with E-state index in [-0.39, 0.29) is 4.90 Å². The minimum atomic E-state index is -3.77. The Hall–Kier alpha value is -2.63. The molecule has 0 aliphatic carbocycles. The first-order valence-corrected chi connectivity index (χ1v) is 9.10. The predicted molar refractivity (Wildman–Crippen MR) is 93.2 cm³/mol. The molecule has 0 unspecified atom stereocenters. The van der Waals surface area contributed by atoms with Crippen LogP contribution in [-0.4, -0.2) is 18.2 Å². The second-order valence-electron chi connectivity index (χ2n) is 4.86. The van der Waals surface area contributed by atoms with Crippen molar-refractivity contribution in [3.8, 4) is 11.8 Å². The Labute approximate surface area is 147 Å². The molecule has 0 spiro atoms. The summed E-state index contributed by atoms with van der Waals surface area (Å²) >= 11 is 3.32. The van der Waals surface area contributed by atoms with Crippen LogP contribution in [0.3, 0.4) is 0 Å². The molecule has 0 aliphatic rings. The summed E-state index contributed by atoms with van der Waals surface area (Å²) in [7, 11) is -3.77. The predicted octanol–water partition coefficient (Wildman–Crippen LogP) is 3.31. The van der Waals surface area contributed by atoms with Gasteiger partial charge in [-0.15, -0.1) is 0 Å². The molecule has 0 bridgehead atoms. The molecule has 3 aromatic rings. The van der Waals surface area contributed by atoms with Gasteiger partial charge in [0.1, 0.15) is 0 Å². The van der Waals surface area contributed by atoms with Crippen molar-refractivity contribution in [1.29, 1.82) is 5.26 Å². The van der Waals surface area contributed by atoms with Crippen LogP contribution in [0.15, 0.2) is 70.3 Å². The van der Waals surface area contributed by atoms with Gasteiger partial charge in [-0.3, -0.25) is 4.72 Å². The molecule has 1 heterocycles. The molecule has 0 radical (unpaired) electrons. The topological polar surface area (TPSA) is 87.8 Å². The number of rotatable bonds is 4. The summed E-state index contributed by atoms with van der Waals surface area (Å²) in [6.45, 7) is 0. The van der Waals surface area contributed by atoms with Crippen molar-refractivity contribution in [3.05, 3.63) is 71.0 Å². The summed E-state index contributed by atoms with van der Waals surface area (Å²) in [6.07, 6.45) is 3.35. The van der Waals surface area contributed by atoms with Gasteiger partial charge < -0.3 is 0 Å². The zero-order chi connectivity index (χ0) is 17.2. The third-order valence-corrected chi connectivity index (χ3v) is 5.03. The highest BCUT2D eigenvalue weighted by Crippen LogP contribution is 2.24. The van der Waals surface area contributed by atoms with Gasteiger partial charge in [-0.05, 0) is 52.3 Å². The molecule has 3 rings (SSSR count). The lowest BCUT2D eigenvalue weighted by Gasteiger charge is -2.12. The van der Waals surface area contributed by atoms with Crippen molar-refractivity contribution in [2.24, 2.45) is 0 Å². The third kappa shape index (κ3) is 3.32. The summed E-state index contributed by atoms with van der Waals surface area (Å²) in [5, 5.41) is 13.0. The zero-order valence-corrected chi connectivity index (χ0v) is 14.6.